The van der Waals surface area contributed by atoms with Crippen molar-refractivity contribution in [3.05, 3.63) is 34.9 Å². The van der Waals surface area contributed by atoms with Crippen molar-refractivity contribution in [1.82, 2.24) is 10.2 Å². The number of nitrogens with one attached hydrogen (secondary N) is 1. The molecule has 1 aliphatic heterocycles. The Hall–Kier alpha value is -1.26. The van der Waals surface area contributed by atoms with E-state index in [9.17, 15) is 0 Å². The molecule has 1 saturated heterocycles. The molecule has 2 rings (SSSR count). The molecule has 4 nitrogen and oxygen atoms in total. The molecule has 1 fully saturated rings. The minimum Gasteiger partial charge on any atom is -0.381 e. The van der Waals surface area contributed by atoms with E-state index in [0.29, 0.717) is 5.92 Å². The van der Waals surface area contributed by atoms with Crippen LogP contribution in [0.3, 0.4) is 0 Å². The molecule has 0 bridgehead atoms. The Morgan fingerprint density at radius 1 is 1.32 bits per heavy atom. The van der Waals surface area contributed by atoms with Gasteiger partial charge in [-0.2, -0.15) is 0 Å². The SMILES string of the molecule is CCC(CNC(=NC)N(C)CCC1CCOCC1)c1ccc(Cl)cc1. The molecule has 1 N–H and O–H groups in total. The molecule has 5 heteroatoms. The van der Waals surface area contributed by atoms with Crippen molar-refractivity contribution in [2.75, 3.05) is 40.4 Å². The summed E-state index contributed by atoms with van der Waals surface area (Å²) in [6, 6.07) is 8.17. The van der Waals surface area contributed by atoms with Gasteiger partial charge in [0.2, 0.25) is 0 Å². The van der Waals surface area contributed by atoms with Gasteiger partial charge in [-0.15, -0.1) is 0 Å². The van der Waals surface area contributed by atoms with Gasteiger partial charge in [-0.3, -0.25) is 4.99 Å². The maximum atomic E-state index is 6.00. The molecule has 1 atom stereocenters. The Labute approximate surface area is 157 Å². The number of guanidine groups is 1. The lowest BCUT2D eigenvalue weighted by Gasteiger charge is -2.27. The summed E-state index contributed by atoms with van der Waals surface area (Å²) in [6.45, 7) is 5.97. The number of rotatable bonds is 7. The Kier molecular flexibility index (Phi) is 8.56. The van der Waals surface area contributed by atoms with Gasteiger partial charge < -0.3 is 15.0 Å². The summed E-state index contributed by atoms with van der Waals surface area (Å²) in [5.41, 5.74) is 1.32. The van der Waals surface area contributed by atoms with Gasteiger partial charge in [0, 0.05) is 51.3 Å². The summed E-state index contributed by atoms with van der Waals surface area (Å²) in [5, 5.41) is 4.33. The van der Waals surface area contributed by atoms with Crippen LogP contribution in [-0.4, -0.2) is 51.3 Å². The fourth-order valence-electron chi connectivity index (χ4n) is 3.35. The van der Waals surface area contributed by atoms with E-state index in [-0.39, 0.29) is 0 Å². The molecule has 0 amide bonds. The predicted molar refractivity (Wildman–Crippen MR) is 107 cm³/mol. The summed E-state index contributed by atoms with van der Waals surface area (Å²) in [5.74, 6) is 2.21. The lowest BCUT2D eigenvalue weighted by molar-refractivity contribution is 0.0625. The Balaban J connectivity index is 1.82. The molecule has 25 heavy (non-hydrogen) atoms. The number of aliphatic imine (C=N–C) groups is 1. The van der Waals surface area contributed by atoms with E-state index in [4.69, 9.17) is 16.3 Å². The minimum atomic E-state index is 0.456. The average molecular weight is 366 g/mol. The monoisotopic (exact) mass is 365 g/mol. The molecule has 1 unspecified atom stereocenters. The quantitative estimate of drug-likeness (QED) is 0.582. The van der Waals surface area contributed by atoms with Crippen LogP contribution < -0.4 is 5.32 Å². The second kappa shape index (κ2) is 10.7. The fourth-order valence-corrected chi connectivity index (χ4v) is 3.48. The lowest BCUT2D eigenvalue weighted by atomic mass is 9.96. The Bertz CT molecular complexity index is 526. The number of ether oxygens (including phenoxy) is 1. The Morgan fingerprint density at radius 2 is 2.00 bits per heavy atom. The van der Waals surface area contributed by atoms with E-state index in [0.717, 1.165) is 49.6 Å². The standard InChI is InChI=1S/C20H32ClN3O/c1-4-17(18-5-7-19(21)8-6-18)15-23-20(22-2)24(3)12-9-16-10-13-25-14-11-16/h5-8,16-17H,4,9-15H2,1-3H3,(H,22,23). The van der Waals surface area contributed by atoms with E-state index in [1.165, 1.54) is 24.8 Å². The van der Waals surface area contributed by atoms with Crippen molar-refractivity contribution in [2.45, 2.75) is 38.5 Å². The van der Waals surface area contributed by atoms with Gasteiger partial charge in [0.1, 0.15) is 0 Å². The first-order valence-corrected chi connectivity index (χ1v) is 9.76. The van der Waals surface area contributed by atoms with Crippen LogP contribution >= 0.6 is 11.6 Å². The third kappa shape index (κ3) is 6.52. The predicted octanol–water partition coefficient (Wildman–Crippen LogP) is 4.16. The van der Waals surface area contributed by atoms with Crippen LogP contribution in [0.15, 0.2) is 29.3 Å². The molecule has 0 radical (unpaired) electrons. The highest BCUT2D eigenvalue weighted by molar-refractivity contribution is 6.30. The fraction of sp³-hybridized carbons (Fsp3) is 0.650. The van der Waals surface area contributed by atoms with Gasteiger partial charge in [0.05, 0.1) is 0 Å². The third-order valence-electron chi connectivity index (χ3n) is 5.13. The first kappa shape index (κ1) is 20.1. The van der Waals surface area contributed by atoms with Crippen LogP contribution in [0, 0.1) is 5.92 Å². The maximum Gasteiger partial charge on any atom is 0.193 e. The number of hydrogen-bond acceptors (Lipinski definition) is 2. The van der Waals surface area contributed by atoms with Gasteiger partial charge in [0.25, 0.3) is 0 Å². The lowest BCUT2D eigenvalue weighted by Crippen LogP contribution is -2.41. The van der Waals surface area contributed by atoms with E-state index < -0.39 is 0 Å². The van der Waals surface area contributed by atoms with Crippen molar-refractivity contribution in [1.29, 1.82) is 0 Å². The van der Waals surface area contributed by atoms with Crippen molar-refractivity contribution in [3.63, 3.8) is 0 Å². The molecule has 1 aromatic rings. The zero-order valence-corrected chi connectivity index (χ0v) is 16.6. The zero-order chi connectivity index (χ0) is 18.1. The average Bonchev–Trinajstić information content (AvgIpc) is 2.65. The van der Waals surface area contributed by atoms with Gasteiger partial charge in [-0.05, 0) is 49.3 Å². The molecule has 140 valence electrons. The van der Waals surface area contributed by atoms with Crippen molar-refractivity contribution >= 4 is 17.6 Å². The highest BCUT2D eigenvalue weighted by Crippen LogP contribution is 2.21. The van der Waals surface area contributed by atoms with Crippen LogP contribution in [-0.2, 0) is 4.74 Å². The number of halogens is 1. The molecule has 1 aliphatic rings. The topological polar surface area (TPSA) is 36.9 Å². The summed E-state index contributed by atoms with van der Waals surface area (Å²) >= 11 is 6.00. The first-order chi connectivity index (χ1) is 12.1. The summed E-state index contributed by atoms with van der Waals surface area (Å²) in [6.07, 6.45) is 4.66. The number of nitrogens with zero attached hydrogens (tertiary/aromatic N) is 2. The highest BCUT2D eigenvalue weighted by atomic mass is 35.5. The molecule has 1 aromatic carbocycles. The van der Waals surface area contributed by atoms with Crippen molar-refractivity contribution in [2.24, 2.45) is 10.9 Å². The number of hydrogen-bond donors (Lipinski definition) is 1. The van der Waals surface area contributed by atoms with Gasteiger partial charge in [-0.1, -0.05) is 30.7 Å². The van der Waals surface area contributed by atoms with Crippen molar-refractivity contribution < 1.29 is 4.74 Å². The van der Waals surface area contributed by atoms with Crippen LogP contribution in [0.5, 0.6) is 0 Å². The molecule has 0 spiro atoms. The van der Waals surface area contributed by atoms with E-state index in [2.05, 4.69) is 41.3 Å². The molecule has 0 aliphatic carbocycles. The Morgan fingerprint density at radius 3 is 2.60 bits per heavy atom. The van der Waals surface area contributed by atoms with Gasteiger partial charge in [-0.25, -0.2) is 0 Å². The summed E-state index contributed by atoms with van der Waals surface area (Å²) in [7, 11) is 3.98. The van der Waals surface area contributed by atoms with Crippen LogP contribution in [0.25, 0.3) is 0 Å². The smallest absolute Gasteiger partial charge is 0.193 e. The van der Waals surface area contributed by atoms with E-state index in [1.807, 2.05) is 19.2 Å². The number of benzene rings is 1. The first-order valence-electron chi connectivity index (χ1n) is 9.39. The molecule has 0 aromatic heterocycles. The summed E-state index contributed by atoms with van der Waals surface area (Å²) < 4.78 is 5.44. The van der Waals surface area contributed by atoms with Crippen LogP contribution in [0.1, 0.15) is 44.1 Å². The minimum absolute atomic E-state index is 0.456. The largest absolute Gasteiger partial charge is 0.381 e. The summed E-state index contributed by atoms with van der Waals surface area (Å²) in [4.78, 5) is 6.69. The second-order valence-corrected chi connectivity index (χ2v) is 7.29. The van der Waals surface area contributed by atoms with E-state index in [1.54, 1.807) is 0 Å². The van der Waals surface area contributed by atoms with Crippen molar-refractivity contribution in [3.8, 4) is 0 Å². The normalized spacial score (nSPS) is 17.4. The highest BCUT2D eigenvalue weighted by Gasteiger charge is 2.16. The van der Waals surface area contributed by atoms with Gasteiger partial charge in [0.15, 0.2) is 5.96 Å². The molecular weight excluding hydrogens is 334 g/mol. The van der Waals surface area contributed by atoms with Crippen LogP contribution in [0.2, 0.25) is 5.02 Å². The van der Waals surface area contributed by atoms with Crippen LogP contribution in [0.4, 0.5) is 0 Å². The second-order valence-electron chi connectivity index (χ2n) is 6.85. The third-order valence-corrected chi connectivity index (χ3v) is 5.38. The molecular formula is C20H32ClN3O. The van der Waals surface area contributed by atoms with Gasteiger partial charge >= 0.3 is 0 Å². The zero-order valence-electron chi connectivity index (χ0n) is 15.8. The van der Waals surface area contributed by atoms with E-state index >= 15 is 0 Å². The molecule has 1 heterocycles. The molecule has 0 saturated carbocycles. The maximum absolute atomic E-state index is 6.00.